The maximum absolute atomic E-state index is 12.0. The lowest BCUT2D eigenvalue weighted by Crippen LogP contribution is -2.15. The van der Waals surface area contributed by atoms with Gasteiger partial charge in [0.2, 0.25) is 0 Å². The van der Waals surface area contributed by atoms with Crippen LogP contribution in [0.5, 0.6) is 17.2 Å². The summed E-state index contributed by atoms with van der Waals surface area (Å²) >= 11 is 0. The number of phenolic OH excluding ortho intramolecular Hbond substituents is 1. The smallest absolute Gasteiger partial charge is 0.163 e. The zero-order valence-electron chi connectivity index (χ0n) is 18.2. The molecule has 0 bridgehead atoms. The van der Waals surface area contributed by atoms with Crippen molar-refractivity contribution in [3.05, 3.63) is 65.7 Å². The number of carbonyl (C=O) groups excluding carboxylic acids is 2. The van der Waals surface area contributed by atoms with Crippen LogP contribution in [-0.2, 0) is 9.59 Å². The molecule has 0 radical (unpaired) electrons. The van der Waals surface area contributed by atoms with E-state index in [0.717, 1.165) is 24.3 Å². The third-order valence-electron chi connectivity index (χ3n) is 4.37. The molecule has 0 fully saturated rings. The first-order valence-corrected chi connectivity index (χ1v) is 10.0. The monoisotopic (exact) mass is 423 g/mol. The summed E-state index contributed by atoms with van der Waals surface area (Å²) in [5, 5.41) is 9.75. The largest absolute Gasteiger partial charge is 0.504 e. The molecule has 2 rings (SSSR count). The minimum Gasteiger partial charge on any atom is -0.504 e. The Morgan fingerprint density at radius 1 is 0.968 bits per heavy atom. The van der Waals surface area contributed by atoms with Crippen LogP contribution < -0.4 is 9.47 Å². The Labute approximate surface area is 183 Å². The van der Waals surface area contributed by atoms with Crippen LogP contribution in [0.2, 0.25) is 0 Å². The van der Waals surface area contributed by atoms with E-state index in [-0.39, 0.29) is 23.7 Å². The highest BCUT2D eigenvalue weighted by Crippen LogP contribution is 2.26. The Kier molecular flexibility index (Phi) is 9.52. The Morgan fingerprint density at radius 3 is 2.16 bits per heavy atom. The number of aromatic hydroxyl groups is 1. The molecule has 0 aromatic heterocycles. The molecule has 0 amide bonds. The molecule has 164 valence electrons. The van der Waals surface area contributed by atoms with Gasteiger partial charge in [-0.05, 0) is 68.1 Å². The lowest BCUT2D eigenvalue weighted by molar-refractivity contribution is -0.121. The van der Waals surface area contributed by atoms with Crippen molar-refractivity contribution in [3.63, 3.8) is 0 Å². The van der Waals surface area contributed by atoms with Crippen molar-refractivity contribution in [3.8, 4) is 17.2 Å². The molecule has 1 N–H and O–H groups in total. The minimum absolute atomic E-state index is 0.0129. The predicted octanol–water partition coefficient (Wildman–Crippen LogP) is 3.99. The Balaban J connectivity index is 1.80. The summed E-state index contributed by atoms with van der Waals surface area (Å²) in [5.41, 5.74) is 1.49. The van der Waals surface area contributed by atoms with Crippen LogP contribution in [0.3, 0.4) is 0 Å². The number of nitrogens with zero attached hydrogens (tertiary/aromatic N) is 1. The van der Waals surface area contributed by atoms with Gasteiger partial charge in [-0.3, -0.25) is 9.59 Å². The van der Waals surface area contributed by atoms with Gasteiger partial charge in [0.15, 0.2) is 23.1 Å². The van der Waals surface area contributed by atoms with Gasteiger partial charge in [0.25, 0.3) is 0 Å². The molecule has 0 spiro atoms. The molecule has 0 saturated heterocycles. The predicted molar refractivity (Wildman–Crippen MR) is 122 cm³/mol. The van der Waals surface area contributed by atoms with Gasteiger partial charge >= 0.3 is 0 Å². The molecule has 0 heterocycles. The number of hydrogen-bond acceptors (Lipinski definition) is 6. The van der Waals surface area contributed by atoms with E-state index in [2.05, 4.69) is 4.90 Å². The first kappa shape index (κ1) is 23.9. The van der Waals surface area contributed by atoms with Gasteiger partial charge < -0.3 is 19.5 Å². The van der Waals surface area contributed by atoms with Gasteiger partial charge in [-0.25, -0.2) is 0 Å². The summed E-state index contributed by atoms with van der Waals surface area (Å²) in [5.74, 6) is 0.531. The SMILES string of the molecule is COc1ccc(C=CC(=O)CC(=O)C=Cc2ccc(OCCCN(C)C)cc2)cc1O. The maximum atomic E-state index is 12.0. The number of ether oxygens (including phenoxy) is 2. The number of allylic oxidation sites excluding steroid dienone is 2. The van der Waals surface area contributed by atoms with E-state index in [4.69, 9.17) is 9.47 Å². The fourth-order valence-corrected chi connectivity index (χ4v) is 2.72. The van der Waals surface area contributed by atoms with Crippen LogP contribution in [0.1, 0.15) is 24.0 Å². The minimum atomic E-state index is -0.313. The van der Waals surface area contributed by atoms with Gasteiger partial charge in [-0.2, -0.15) is 0 Å². The second kappa shape index (κ2) is 12.3. The van der Waals surface area contributed by atoms with E-state index in [1.807, 2.05) is 38.4 Å². The van der Waals surface area contributed by atoms with Crippen LogP contribution in [0.25, 0.3) is 12.2 Å². The summed E-state index contributed by atoms with van der Waals surface area (Å²) in [6, 6.07) is 12.2. The quantitative estimate of drug-likeness (QED) is 0.316. The van der Waals surface area contributed by atoms with Crippen LogP contribution in [0.15, 0.2) is 54.6 Å². The van der Waals surface area contributed by atoms with Crippen molar-refractivity contribution in [2.45, 2.75) is 12.8 Å². The van der Waals surface area contributed by atoms with Crippen molar-refractivity contribution in [1.29, 1.82) is 0 Å². The van der Waals surface area contributed by atoms with Crippen molar-refractivity contribution >= 4 is 23.7 Å². The standard InChI is InChI=1S/C25H29NO5/c1-26(2)15-4-16-31-23-12-7-19(8-13-23)5-10-21(27)18-22(28)11-6-20-9-14-25(30-3)24(29)17-20/h5-14,17,29H,4,15-16,18H2,1-3H3. The average Bonchev–Trinajstić information content (AvgIpc) is 2.74. The molecule has 0 aliphatic rings. The fraction of sp³-hybridized carbons (Fsp3) is 0.280. The fourth-order valence-electron chi connectivity index (χ4n) is 2.72. The number of hydrogen-bond donors (Lipinski definition) is 1. The molecule has 0 unspecified atom stereocenters. The highest BCUT2D eigenvalue weighted by Gasteiger charge is 2.05. The first-order chi connectivity index (χ1) is 14.9. The van der Waals surface area contributed by atoms with Gasteiger partial charge in [0.05, 0.1) is 20.1 Å². The zero-order valence-corrected chi connectivity index (χ0v) is 18.2. The van der Waals surface area contributed by atoms with Crippen LogP contribution in [-0.4, -0.2) is 55.9 Å². The van der Waals surface area contributed by atoms with E-state index in [9.17, 15) is 14.7 Å². The molecule has 31 heavy (non-hydrogen) atoms. The Hall–Kier alpha value is -3.38. The summed E-state index contributed by atoms with van der Waals surface area (Å²) in [6.07, 6.45) is 6.69. The summed E-state index contributed by atoms with van der Waals surface area (Å²) < 4.78 is 10.7. The second-order valence-corrected chi connectivity index (χ2v) is 7.28. The van der Waals surface area contributed by atoms with Gasteiger partial charge in [0, 0.05) is 6.54 Å². The van der Waals surface area contributed by atoms with Gasteiger partial charge in [0.1, 0.15) is 5.75 Å². The van der Waals surface area contributed by atoms with E-state index >= 15 is 0 Å². The summed E-state index contributed by atoms with van der Waals surface area (Å²) in [7, 11) is 5.51. The zero-order chi connectivity index (χ0) is 22.6. The molecule has 0 atom stereocenters. The van der Waals surface area contributed by atoms with Crippen LogP contribution in [0.4, 0.5) is 0 Å². The molecule has 2 aromatic carbocycles. The van der Waals surface area contributed by atoms with Crippen LogP contribution >= 0.6 is 0 Å². The van der Waals surface area contributed by atoms with Gasteiger partial charge in [-0.15, -0.1) is 0 Å². The molecule has 0 aliphatic heterocycles. The molecule has 2 aromatic rings. The molecule has 0 aliphatic carbocycles. The number of methoxy groups -OCH3 is 1. The highest BCUT2D eigenvalue weighted by molar-refractivity contribution is 6.10. The third kappa shape index (κ3) is 8.88. The van der Waals surface area contributed by atoms with E-state index < -0.39 is 0 Å². The molecule has 0 saturated carbocycles. The third-order valence-corrected chi connectivity index (χ3v) is 4.37. The van der Waals surface area contributed by atoms with Crippen molar-refractivity contribution < 1.29 is 24.2 Å². The van der Waals surface area contributed by atoms with E-state index in [1.54, 1.807) is 24.3 Å². The number of carbonyl (C=O) groups is 2. The Bertz CT molecular complexity index is 929. The molecule has 6 nitrogen and oxygen atoms in total. The van der Waals surface area contributed by atoms with Crippen molar-refractivity contribution in [2.24, 2.45) is 0 Å². The molecular weight excluding hydrogens is 394 g/mol. The highest BCUT2D eigenvalue weighted by atomic mass is 16.5. The van der Waals surface area contributed by atoms with E-state index in [1.165, 1.54) is 25.3 Å². The molecule has 6 heteroatoms. The number of ketones is 2. The van der Waals surface area contributed by atoms with E-state index in [0.29, 0.717) is 17.9 Å². The lowest BCUT2D eigenvalue weighted by Gasteiger charge is -2.10. The maximum Gasteiger partial charge on any atom is 0.163 e. The average molecular weight is 424 g/mol. The summed E-state index contributed by atoms with van der Waals surface area (Å²) in [6.45, 7) is 1.62. The van der Waals surface area contributed by atoms with Crippen LogP contribution in [0, 0.1) is 0 Å². The van der Waals surface area contributed by atoms with Gasteiger partial charge in [-0.1, -0.05) is 30.4 Å². The number of rotatable bonds is 12. The van der Waals surface area contributed by atoms with Crippen molar-refractivity contribution in [1.82, 2.24) is 4.90 Å². The topological polar surface area (TPSA) is 76.1 Å². The number of phenols is 1. The van der Waals surface area contributed by atoms with Crippen molar-refractivity contribution in [2.75, 3.05) is 34.4 Å². The number of benzene rings is 2. The summed E-state index contributed by atoms with van der Waals surface area (Å²) in [4.78, 5) is 26.2. The molecular formula is C25H29NO5. The lowest BCUT2D eigenvalue weighted by atomic mass is 10.1. The normalized spacial score (nSPS) is 11.4. The second-order valence-electron chi connectivity index (χ2n) is 7.28. The Morgan fingerprint density at radius 2 is 1.58 bits per heavy atom. The first-order valence-electron chi connectivity index (χ1n) is 10.0.